The number of alkyl halides is 3. The number of hydrogen-bond acceptors (Lipinski definition) is 3. The van der Waals surface area contributed by atoms with Gasteiger partial charge in [0.2, 0.25) is 0 Å². The fraction of sp³-hybridized carbons (Fsp3) is 0.615. The van der Waals surface area contributed by atoms with Crippen molar-refractivity contribution >= 4 is 34.0 Å². The minimum atomic E-state index is -4.46. The van der Waals surface area contributed by atoms with Crippen molar-refractivity contribution in [1.29, 1.82) is 0 Å². The monoisotopic (exact) mass is 434 g/mol. The third-order valence-corrected chi connectivity index (χ3v) is 5.00. The summed E-state index contributed by atoms with van der Waals surface area (Å²) in [5.41, 5.74) is -0.699. The van der Waals surface area contributed by atoms with Gasteiger partial charge in [0.1, 0.15) is 8.45 Å². The molecule has 120 valence electrons. The summed E-state index contributed by atoms with van der Waals surface area (Å²) in [6, 6.07) is 0.353. The third-order valence-electron chi connectivity index (χ3n) is 2.80. The third kappa shape index (κ3) is 5.26. The summed E-state index contributed by atoms with van der Waals surface area (Å²) in [5.74, 6) is 0. The average Bonchev–Trinajstić information content (AvgIpc) is 2.33. The fourth-order valence-corrected chi connectivity index (χ4v) is 2.99. The van der Waals surface area contributed by atoms with Crippen LogP contribution in [0.25, 0.3) is 0 Å². The summed E-state index contributed by atoms with van der Waals surface area (Å²) >= 11 is 0.289. The van der Waals surface area contributed by atoms with Crippen molar-refractivity contribution in [3.8, 4) is 0 Å². The van der Waals surface area contributed by atoms with Crippen molar-refractivity contribution in [2.45, 2.75) is 51.1 Å². The Morgan fingerprint density at radius 1 is 1.38 bits per heavy atom. The van der Waals surface area contributed by atoms with Crippen LogP contribution in [0.15, 0.2) is 12.3 Å². The van der Waals surface area contributed by atoms with Gasteiger partial charge in [0.15, 0.2) is 0 Å². The Morgan fingerprint density at radius 2 is 1.95 bits per heavy atom. The van der Waals surface area contributed by atoms with Gasteiger partial charge in [0.05, 0.1) is 11.6 Å². The van der Waals surface area contributed by atoms with Crippen LogP contribution in [0.1, 0.15) is 51.3 Å². The molecule has 3 nitrogen and oxygen atoms in total. The molecule has 1 N–H and O–H groups in total. The predicted octanol–water partition coefficient (Wildman–Crippen LogP) is 4.21. The molecule has 0 radical (unpaired) electrons. The first-order valence-corrected chi connectivity index (χ1v) is 8.60. The highest BCUT2D eigenvalue weighted by Crippen LogP contribution is 2.36. The molecule has 1 aromatic rings. The molecule has 0 saturated heterocycles. The van der Waals surface area contributed by atoms with Crippen molar-refractivity contribution in [2.24, 2.45) is 0 Å². The van der Waals surface area contributed by atoms with Crippen molar-refractivity contribution in [2.75, 3.05) is 0 Å². The Bertz CT molecular complexity index is 491. The van der Waals surface area contributed by atoms with Crippen LogP contribution in [0.3, 0.4) is 0 Å². The van der Waals surface area contributed by atoms with Crippen LogP contribution in [-0.4, -0.2) is 14.3 Å². The van der Waals surface area contributed by atoms with Crippen LogP contribution >= 0.6 is 22.6 Å². The molecule has 1 heterocycles. The van der Waals surface area contributed by atoms with E-state index in [0.29, 0.717) is 6.42 Å². The molecule has 0 saturated carbocycles. The molecule has 1 rings (SSSR count). The zero-order chi connectivity index (χ0) is 16.4. The van der Waals surface area contributed by atoms with Crippen LogP contribution in [0, 0.1) is 3.70 Å². The Kier molecular flexibility index (Phi) is 6.34. The van der Waals surface area contributed by atoms with Crippen molar-refractivity contribution < 1.29 is 17.7 Å². The average molecular weight is 434 g/mol. The van der Waals surface area contributed by atoms with Crippen LogP contribution in [-0.2, 0) is 17.5 Å². The zero-order valence-electron chi connectivity index (χ0n) is 12.2. The lowest BCUT2D eigenvalue weighted by molar-refractivity contribution is -0.138. The molecule has 0 aliphatic carbocycles. The number of nitrogens with zero attached hydrogens (tertiary/aromatic N) is 1. The number of aromatic nitrogens is 1. The number of nitrogens with one attached hydrogen (secondary N) is 1. The Balaban J connectivity index is 3.17. The Morgan fingerprint density at radius 3 is 2.38 bits per heavy atom. The maximum atomic E-state index is 13.2. The minimum Gasteiger partial charge on any atom is -0.598 e. The molecule has 0 unspecified atom stereocenters. The standard InChI is InChI=1S/C13H18F3IN2OS/c1-5-10(19-21(20)12(2,3)4)8-7-18-11(17)6-9(8)13(14,15)16/h6-7,10,19H,5H2,1-4H3/t10-,21+/m1/s1. The number of halogens is 4. The molecule has 0 bridgehead atoms. The van der Waals surface area contributed by atoms with Crippen molar-refractivity contribution in [3.63, 3.8) is 0 Å². The Labute approximate surface area is 139 Å². The number of hydrogen-bond donors (Lipinski definition) is 1. The molecular formula is C13H18F3IN2OS. The lowest BCUT2D eigenvalue weighted by Crippen LogP contribution is -2.41. The largest absolute Gasteiger partial charge is 0.598 e. The van der Waals surface area contributed by atoms with Crippen LogP contribution < -0.4 is 4.72 Å². The highest BCUT2D eigenvalue weighted by molar-refractivity contribution is 14.1. The second kappa shape index (κ2) is 7.01. The van der Waals surface area contributed by atoms with E-state index < -0.39 is 33.9 Å². The molecule has 0 spiro atoms. The van der Waals surface area contributed by atoms with Gasteiger partial charge in [-0.15, -0.1) is 4.72 Å². The number of rotatable bonds is 4. The van der Waals surface area contributed by atoms with Gasteiger partial charge in [-0.25, -0.2) is 4.98 Å². The molecule has 21 heavy (non-hydrogen) atoms. The normalized spacial score (nSPS) is 15.9. The molecule has 0 aliphatic heterocycles. The maximum absolute atomic E-state index is 13.2. The lowest BCUT2D eigenvalue weighted by atomic mass is 10.0. The highest BCUT2D eigenvalue weighted by Gasteiger charge is 2.37. The summed E-state index contributed by atoms with van der Waals surface area (Å²) in [7, 11) is 0. The molecule has 8 heteroatoms. The van der Waals surface area contributed by atoms with Gasteiger partial charge in [0.25, 0.3) is 0 Å². The van der Waals surface area contributed by atoms with E-state index in [0.717, 1.165) is 6.07 Å². The molecule has 0 amide bonds. The van der Waals surface area contributed by atoms with E-state index in [1.165, 1.54) is 6.20 Å². The summed E-state index contributed by atoms with van der Waals surface area (Å²) < 4.78 is 54.1. The second-order valence-electron chi connectivity index (χ2n) is 5.55. The molecule has 0 fully saturated rings. The summed E-state index contributed by atoms with van der Waals surface area (Å²) in [6.45, 7) is 7.04. The van der Waals surface area contributed by atoms with Gasteiger partial charge in [-0.1, -0.05) is 6.92 Å². The van der Waals surface area contributed by atoms with E-state index in [1.807, 2.05) is 0 Å². The minimum absolute atomic E-state index is 0.0306. The molecule has 1 aromatic heterocycles. The van der Waals surface area contributed by atoms with E-state index in [2.05, 4.69) is 9.71 Å². The first-order chi connectivity index (χ1) is 9.46. The second-order valence-corrected chi connectivity index (χ2v) is 8.65. The van der Waals surface area contributed by atoms with Crippen LogP contribution in [0.4, 0.5) is 13.2 Å². The van der Waals surface area contributed by atoms with Gasteiger partial charge in [-0.3, -0.25) is 0 Å². The van der Waals surface area contributed by atoms with Gasteiger partial charge in [0, 0.05) is 23.1 Å². The first-order valence-electron chi connectivity index (χ1n) is 6.37. The highest BCUT2D eigenvalue weighted by atomic mass is 127. The van der Waals surface area contributed by atoms with E-state index >= 15 is 0 Å². The van der Waals surface area contributed by atoms with Gasteiger partial charge >= 0.3 is 6.18 Å². The van der Waals surface area contributed by atoms with Crippen LogP contribution in [0.2, 0.25) is 0 Å². The van der Waals surface area contributed by atoms with E-state index in [1.54, 1.807) is 50.3 Å². The van der Waals surface area contributed by atoms with E-state index in [9.17, 15) is 17.7 Å². The fourth-order valence-electron chi connectivity index (χ4n) is 1.64. The molecular weight excluding hydrogens is 416 g/mol. The smallest absolute Gasteiger partial charge is 0.416 e. The zero-order valence-corrected chi connectivity index (χ0v) is 15.2. The summed E-state index contributed by atoms with van der Waals surface area (Å²) in [5, 5.41) is 0. The lowest BCUT2D eigenvalue weighted by Gasteiger charge is -2.28. The van der Waals surface area contributed by atoms with Gasteiger partial charge < -0.3 is 4.55 Å². The van der Waals surface area contributed by atoms with Crippen molar-refractivity contribution in [1.82, 2.24) is 9.71 Å². The maximum Gasteiger partial charge on any atom is 0.416 e. The SMILES string of the molecule is CC[C@@H](N[S@@+]([O-])C(C)(C)C)c1cnc(I)cc1C(F)(F)F. The topological polar surface area (TPSA) is 48.0 Å². The molecule has 0 aliphatic rings. The van der Waals surface area contributed by atoms with E-state index in [-0.39, 0.29) is 9.26 Å². The molecule has 2 atom stereocenters. The quantitative estimate of drug-likeness (QED) is 0.439. The molecule has 0 aromatic carbocycles. The van der Waals surface area contributed by atoms with E-state index in [4.69, 9.17) is 0 Å². The first kappa shape index (κ1) is 19.0. The summed E-state index contributed by atoms with van der Waals surface area (Å²) in [4.78, 5) is 3.94. The summed E-state index contributed by atoms with van der Waals surface area (Å²) in [6.07, 6.45) is -2.87. The Hall–Kier alpha value is -0.0600. The van der Waals surface area contributed by atoms with Crippen molar-refractivity contribution in [3.05, 3.63) is 27.1 Å². The number of pyridine rings is 1. The predicted molar refractivity (Wildman–Crippen MR) is 86.0 cm³/mol. The van der Waals surface area contributed by atoms with Gasteiger partial charge in [-0.05, 0) is 55.8 Å². The van der Waals surface area contributed by atoms with Crippen LogP contribution in [0.5, 0.6) is 0 Å². The van der Waals surface area contributed by atoms with Gasteiger partial charge in [-0.2, -0.15) is 13.2 Å².